The van der Waals surface area contributed by atoms with Gasteiger partial charge in [0.2, 0.25) is 0 Å². The van der Waals surface area contributed by atoms with Crippen LogP contribution in [-0.4, -0.2) is 32.8 Å². The molecule has 0 aliphatic carbocycles. The smallest absolute Gasteiger partial charge is 0.162 e. The molecule has 1 fully saturated rings. The maximum atomic E-state index is 4.98. The van der Waals surface area contributed by atoms with Crippen LogP contribution in [0.2, 0.25) is 0 Å². The highest BCUT2D eigenvalue weighted by atomic mass is 32.1. The Balaban J connectivity index is 1.49. The predicted octanol–water partition coefficient (Wildman–Crippen LogP) is 4.48. The molecular formula is C21H21N5S. The number of hydrogen-bond acceptors (Lipinski definition) is 5. The summed E-state index contributed by atoms with van der Waals surface area (Å²) >= 11 is 1.68. The van der Waals surface area contributed by atoms with Crippen LogP contribution >= 0.6 is 11.3 Å². The number of hydrogen-bond donors (Lipinski definition) is 0. The monoisotopic (exact) mass is 375 g/mol. The number of aromatic nitrogens is 4. The predicted molar refractivity (Wildman–Crippen MR) is 110 cm³/mol. The largest absolute Gasteiger partial charge is 0.356 e. The highest BCUT2D eigenvalue weighted by Crippen LogP contribution is 2.33. The first-order valence-corrected chi connectivity index (χ1v) is 10.3. The highest BCUT2D eigenvalue weighted by molar-refractivity contribution is 7.08. The Bertz CT molecular complexity index is 1060. The lowest BCUT2D eigenvalue weighted by atomic mass is 9.93. The van der Waals surface area contributed by atoms with Crippen molar-refractivity contribution >= 4 is 28.1 Å². The van der Waals surface area contributed by atoms with E-state index in [0.29, 0.717) is 5.92 Å². The fourth-order valence-corrected chi connectivity index (χ4v) is 4.63. The van der Waals surface area contributed by atoms with E-state index in [4.69, 9.17) is 9.97 Å². The summed E-state index contributed by atoms with van der Waals surface area (Å²) in [5, 5.41) is 9.66. The molecule has 27 heavy (non-hydrogen) atoms. The van der Waals surface area contributed by atoms with Crippen molar-refractivity contribution in [3.63, 3.8) is 0 Å². The fraction of sp³-hybridized carbons (Fsp3) is 0.286. The molecule has 0 saturated carbocycles. The van der Waals surface area contributed by atoms with Gasteiger partial charge in [0.15, 0.2) is 5.82 Å². The van der Waals surface area contributed by atoms with E-state index in [1.165, 1.54) is 5.69 Å². The summed E-state index contributed by atoms with van der Waals surface area (Å²) in [6.07, 6.45) is 4.13. The molecule has 0 spiro atoms. The summed E-state index contributed by atoms with van der Waals surface area (Å²) in [5.41, 5.74) is 3.44. The first-order chi connectivity index (χ1) is 13.3. The lowest BCUT2D eigenvalue weighted by Gasteiger charge is -2.33. The molecule has 4 heterocycles. The highest BCUT2D eigenvalue weighted by Gasteiger charge is 2.25. The number of para-hydroxylation sites is 1. The van der Waals surface area contributed by atoms with Gasteiger partial charge < -0.3 is 4.90 Å². The Morgan fingerprint density at radius 3 is 2.63 bits per heavy atom. The van der Waals surface area contributed by atoms with E-state index < -0.39 is 0 Å². The minimum absolute atomic E-state index is 0.568. The first kappa shape index (κ1) is 16.4. The Morgan fingerprint density at radius 1 is 1.04 bits per heavy atom. The second-order valence-corrected chi connectivity index (χ2v) is 7.82. The lowest BCUT2D eigenvalue weighted by molar-refractivity contribution is 0.476. The molecule has 5 rings (SSSR count). The van der Waals surface area contributed by atoms with Gasteiger partial charge in [0.1, 0.15) is 5.82 Å². The van der Waals surface area contributed by atoms with Crippen LogP contribution in [0.15, 0.2) is 53.4 Å². The van der Waals surface area contributed by atoms with Crippen LogP contribution in [0.25, 0.3) is 22.3 Å². The van der Waals surface area contributed by atoms with Crippen LogP contribution in [0.1, 0.15) is 24.5 Å². The number of benzene rings is 1. The molecule has 0 N–H and O–H groups in total. The van der Waals surface area contributed by atoms with Crippen molar-refractivity contribution in [2.24, 2.45) is 7.05 Å². The Hall–Kier alpha value is -2.73. The molecule has 136 valence electrons. The number of aryl methyl sites for hydroxylation is 1. The number of rotatable bonds is 3. The third kappa shape index (κ3) is 3.00. The zero-order chi connectivity index (χ0) is 18.2. The van der Waals surface area contributed by atoms with Crippen LogP contribution in [0.4, 0.5) is 5.82 Å². The van der Waals surface area contributed by atoms with Gasteiger partial charge in [-0.05, 0) is 42.5 Å². The SMILES string of the molecule is Cn1nccc1C1CCN(c2nc(-c3ccsc3)nc3ccccc23)CC1. The van der Waals surface area contributed by atoms with Gasteiger partial charge in [-0.2, -0.15) is 16.4 Å². The van der Waals surface area contributed by atoms with Gasteiger partial charge in [-0.15, -0.1) is 0 Å². The molecule has 1 aliphatic rings. The molecule has 1 aromatic carbocycles. The fourth-order valence-electron chi connectivity index (χ4n) is 3.99. The van der Waals surface area contributed by atoms with Crippen molar-refractivity contribution in [3.05, 3.63) is 59.0 Å². The standard InChI is InChI=1S/C21H21N5S/c1-25-19(6-10-22-25)15-7-11-26(12-8-15)21-17-4-2-3-5-18(17)23-20(24-21)16-9-13-27-14-16/h2-6,9-10,13-15H,7-8,11-12H2,1H3. The molecule has 3 aromatic heterocycles. The maximum Gasteiger partial charge on any atom is 0.162 e. The summed E-state index contributed by atoms with van der Waals surface area (Å²) in [4.78, 5) is 12.2. The molecule has 5 nitrogen and oxygen atoms in total. The number of anilines is 1. The molecule has 0 bridgehead atoms. The van der Waals surface area contributed by atoms with Crippen molar-refractivity contribution in [1.29, 1.82) is 0 Å². The minimum Gasteiger partial charge on any atom is -0.356 e. The molecule has 1 aliphatic heterocycles. The van der Waals surface area contributed by atoms with Gasteiger partial charge in [0.05, 0.1) is 5.52 Å². The van der Waals surface area contributed by atoms with Gasteiger partial charge in [0.25, 0.3) is 0 Å². The third-order valence-electron chi connectivity index (χ3n) is 5.43. The summed E-state index contributed by atoms with van der Waals surface area (Å²) in [7, 11) is 2.03. The topological polar surface area (TPSA) is 46.8 Å². The molecule has 0 unspecified atom stereocenters. The Morgan fingerprint density at radius 2 is 1.89 bits per heavy atom. The van der Waals surface area contributed by atoms with E-state index in [2.05, 4.69) is 51.1 Å². The number of fused-ring (bicyclic) bond motifs is 1. The van der Waals surface area contributed by atoms with Gasteiger partial charge >= 0.3 is 0 Å². The summed E-state index contributed by atoms with van der Waals surface area (Å²) in [5.74, 6) is 2.45. The molecule has 1 saturated heterocycles. The van der Waals surface area contributed by atoms with E-state index in [9.17, 15) is 0 Å². The molecule has 0 atom stereocenters. The molecular weight excluding hydrogens is 354 g/mol. The van der Waals surface area contributed by atoms with Crippen molar-refractivity contribution in [2.75, 3.05) is 18.0 Å². The van der Waals surface area contributed by atoms with E-state index in [1.807, 2.05) is 24.0 Å². The Labute approximate surface area is 162 Å². The van der Waals surface area contributed by atoms with E-state index in [0.717, 1.165) is 54.0 Å². The molecule has 6 heteroatoms. The minimum atomic E-state index is 0.568. The molecule has 0 amide bonds. The van der Waals surface area contributed by atoms with Crippen molar-refractivity contribution in [2.45, 2.75) is 18.8 Å². The summed E-state index contributed by atoms with van der Waals surface area (Å²) < 4.78 is 2.01. The van der Waals surface area contributed by atoms with Crippen molar-refractivity contribution in [1.82, 2.24) is 19.7 Å². The zero-order valence-electron chi connectivity index (χ0n) is 15.2. The van der Waals surface area contributed by atoms with E-state index in [1.54, 1.807) is 11.3 Å². The van der Waals surface area contributed by atoms with E-state index >= 15 is 0 Å². The van der Waals surface area contributed by atoms with Gasteiger partial charge in [0, 0.05) is 54.3 Å². The average molecular weight is 376 g/mol. The lowest BCUT2D eigenvalue weighted by Crippen LogP contribution is -2.34. The maximum absolute atomic E-state index is 4.98. The van der Waals surface area contributed by atoms with Gasteiger partial charge in [-0.1, -0.05) is 12.1 Å². The normalized spacial score (nSPS) is 15.5. The average Bonchev–Trinajstić information content (AvgIpc) is 3.39. The van der Waals surface area contributed by atoms with Gasteiger partial charge in [-0.3, -0.25) is 4.68 Å². The van der Waals surface area contributed by atoms with Crippen molar-refractivity contribution < 1.29 is 0 Å². The van der Waals surface area contributed by atoms with Crippen LogP contribution < -0.4 is 4.90 Å². The Kier molecular flexibility index (Phi) is 4.13. The molecule has 4 aromatic rings. The van der Waals surface area contributed by atoms with E-state index in [-0.39, 0.29) is 0 Å². The number of thiophene rings is 1. The number of piperidine rings is 1. The molecule has 0 radical (unpaired) electrons. The van der Waals surface area contributed by atoms with Crippen LogP contribution in [0, 0.1) is 0 Å². The second kappa shape index (κ2) is 6.78. The summed E-state index contributed by atoms with van der Waals surface area (Å²) in [6.45, 7) is 2.00. The quantitative estimate of drug-likeness (QED) is 0.530. The van der Waals surface area contributed by atoms with Crippen LogP contribution in [-0.2, 0) is 7.05 Å². The second-order valence-electron chi connectivity index (χ2n) is 7.04. The third-order valence-corrected chi connectivity index (χ3v) is 6.12. The number of nitrogens with zero attached hydrogens (tertiary/aromatic N) is 5. The first-order valence-electron chi connectivity index (χ1n) is 9.32. The van der Waals surface area contributed by atoms with Gasteiger partial charge in [-0.25, -0.2) is 9.97 Å². The zero-order valence-corrected chi connectivity index (χ0v) is 16.1. The van der Waals surface area contributed by atoms with Crippen molar-refractivity contribution in [3.8, 4) is 11.4 Å². The van der Waals surface area contributed by atoms with Crippen LogP contribution in [0.3, 0.4) is 0 Å². The van der Waals surface area contributed by atoms with Crippen LogP contribution in [0.5, 0.6) is 0 Å². The summed E-state index contributed by atoms with van der Waals surface area (Å²) in [6, 6.07) is 12.6.